The van der Waals surface area contributed by atoms with Crippen LogP contribution < -0.4 is 0 Å². The van der Waals surface area contributed by atoms with Gasteiger partial charge in [0, 0.05) is 4.90 Å². The van der Waals surface area contributed by atoms with Crippen LogP contribution in [0.3, 0.4) is 0 Å². The maximum Gasteiger partial charge on any atom is 0.322 e. The van der Waals surface area contributed by atoms with Gasteiger partial charge in [-0.05, 0) is 24.6 Å². The van der Waals surface area contributed by atoms with Crippen LogP contribution in [0.1, 0.15) is 12.5 Å². The minimum absolute atomic E-state index is 0.249. The lowest BCUT2D eigenvalue weighted by atomic mass is 10.2. The van der Waals surface area contributed by atoms with Crippen LogP contribution in [0.15, 0.2) is 70.7 Å². The van der Waals surface area contributed by atoms with Crippen LogP contribution in [0, 0.1) is 0 Å². The molecular weight excluding hydrogens is 338 g/mol. The van der Waals surface area contributed by atoms with Crippen molar-refractivity contribution in [2.45, 2.75) is 29.8 Å². The van der Waals surface area contributed by atoms with E-state index in [1.807, 2.05) is 60.7 Å². The third-order valence-corrected chi connectivity index (χ3v) is 4.47. The Kier molecular flexibility index (Phi) is 8.01. The van der Waals surface area contributed by atoms with Crippen molar-refractivity contribution in [2.24, 2.45) is 5.16 Å². The van der Waals surface area contributed by atoms with E-state index in [9.17, 15) is 9.90 Å². The Hall–Kier alpha value is -2.31. The largest absolute Gasteiger partial charge is 0.465 e. The van der Waals surface area contributed by atoms with Crippen molar-refractivity contribution in [1.82, 2.24) is 0 Å². The van der Waals surface area contributed by atoms with Gasteiger partial charge in [0.15, 0.2) is 0 Å². The number of carbonyl (C=O) groups excluding carboxylic acids is 1. The number of oxime groups is 1. The number of nitrogens with zero attached hydrogens (tertiary/aromatic N) is 1. The number of carbonyl (C=O) groups is 1. The van der Waals surface area contributed by atoms with Crippen molar-refractivity contribution in [2.75, 3.05) is 6.61 Å². The number of aliphatic hydroxyl groups is 1. The van der Waals surface area contributed by atoms with E-state index in [0.29, 0.717) is 6.61 Å². The first-order chi connectivity index (χ1) is 12.2. The van der Waals surface area contributed by atoms with E-state index in [4.69, 9.17) is 9.57 Å². The van der Waals surface area contributed by atoms with Crippen molar-refractivity contribution < 1.29 is 19.5 Å². The number of aliphatic hydroxyl groups excluding tert-OH is 1. The molecule has 0 unspecified atom stereocenters. The SMILES string of the molecule is CCOC(=O)[C@@H](Sc1ccccc1)[C@@H](O)/C=N/OCc1ccccc1. The Morgan fingerprint density at radius 3 is 2.44 bits per heavy atom. The van der Waals surface area contributed by atoms with E-state index in [-0.39, 0.29) is 6.61 Å². The minimum atomic E-state index is -1.12. The molecule has 0 bridgehead atoms. The van der Waals surface area contributed by atoms with Gasteiger partial charge in [0.1, 0.15) is 18.0 Å². The molecule has 0 aliphatic carbocycles. The molecule has 0 aromatic heterocycles. The van der Waals surface area contributed by atoms with Crippen LogP contribution in [0.2, 0.25) is 0 Å². The Balaban J connectivity index is 1.95. The number of esters is 1. The molecule has 2 atom stereocenters. The molecule has 0 spiro atoms. The predicted molar refractivity (Wildman–Crippen MR) is 98.4 cm³/mol. The molecule has 0 saturated heterocycles. The zero-order chi connectivity index (χ0) is 17.9. The first-order valence-electron chi connectivity index (χ1n) is 7.96. The Labute approximate surface area is 151 Å². The summed E-state index contributed by atoms with van der Waals surface area (Å²) in [6.07, 6.45) is 0.0977. The number of ether oxygens (including phenoxy) is 1. The molecule has 0 amide bonds. The summed E-state index contributed by atoms with van der Waals surface area (Å²) in [5.74, 6) is -0.488. The summed E-state index contributed by atoms with van der Waals surface area (Å²) < 4.78 is 5.05. The highest BCUT2D eigenvalue weighted by molar-refractivity contribution is 8.00. The van der Waals surface area contributed by atoms with Crippen LogP contribution in [0.5, 0.6) is 0 Å². The molecule has 0 heterocycles. The molecule has 0 aliphatic heterocycles. The highest BCUT2D eigenvalue weighted by atomic mass is 32.2. The van der Waals surface area contributed by atoms with Crippen molar-refractivity contribution in [3.8, 4) is 0 Å². The topological polar surface area (TPSA) is 68.1 Å². The Bertz CT molecular complexity index is 664. The molecule has 2 rings (SSSR count). The second kappa shape index (κ2) is 10.5. The standard InChI is InChI=1S/C19H21NO4S/c1-2-23-19(22)18(25-16-11-7-4-8-12-16)17(21)13-20-24-14-15-9-5-3-6-10-15/h3-13,17-18,21H,2,14H2,1H3/b20-13+/t17-,18-/m0/s1. The van der Waals surface area contributed by atoms with Crippen molar-refractivity contribution >= 4 is 23.9 Å². The molecule has 0 saturated carbocycles. The number of hydrogen-bond acceptors (Lipinski definition) is 6. The minimum Gasteiger partial charge on any atom is -0.465 e. The summed E-state index contributed by atoms with van der Waals surface area (Å²) in [5.41, 5.74) is 0.967. The fourth-order valence-electron chi connectivity index (χ4n) is 2.00. The number of rotatable bonds is 9. The molecule has 2 aromatic carbocycles. The quantitative estimate of drug-likeness (QED) is 0.322. The van der Waals surface area contributed by atoms with E-state index in [1.165, 1.54) is 18.0 Å². The zero-order valence-electron chi connectivity index (χ0n) is 13.9. The maximum absolute atomic E-state index is 12.1. The fourth-order valence-corrected chi connectivity index (χ4v) is 2.98. The second-order valence-corrected chi connectivity index (χ2v) is 6.32. The number of thioether (sulfide) groups is 1. The van der Waals surface area contributed by atoms with Crippen LogP contribution in [0.25, 0.3) is 0 Å². The van der Waals surface area contributed by atoms with E-state index in [1.54, 1.807) is 6.92 Å². The van der Waals surface area contributed by atoms with Gasteiger partial charge in [-0.2, -0.15) is 0 Å². The van der Waals surface area contributed by atoms with Gasteiger partial charge in [-0.15, -0.1) is 11.8 Å². The van der Waals surface area contributed by atoms with Crippen LogP contribution in [0.4, 0.5) is 0 Å². The summed E-state index contributed by atoms with van der Waals surface area (Å²) in [6.45, 7) is 2.27. The summed E-state index contributed by atoms with van der Waals surface area (Å²) >= 11 is 1.23. The lowest BCUT2D eigenvalue weighted by Gasteiger charge is -2.17. The average molecular weight is 359 g/mol. The van der Waals surface area contributed by atoms with Crippen LogP contribution in [-0.4, -0.2) is 35.3 Å². The van der Waals surface area contributed by atoms with Gasteiger partial charge in [0.25, 0.3) is 0 Å². The molecule has 0 radical (unpaired) electrons. The van der Waals surface area contributed by atoms with E-state index in [2.05, 4.69) is 5.16 Å². The second-order valence-electron chi connectivity index (χ2n) is 5.11. The van der Waals surface area contributed by atoms with Crippen molar-refractivity contribution in [3.05, 3.63) is 66.2 Å². The number of hydrogen-bond donors (Lipinski definition) is 1. The summed E-state index contributed by atoms with van der Waals surface area (Å²) in [6, 6.07) is 18.9. The fraction of sp³-hybridized carbons (Fsp3) is 0.263. The summed E-state index contributed by atoms with van der Waals surface area (Å²) in [5, 5.41) is 13.3. The van der Waals surface area contributed by atoms with Gasteiger partial charge in [0.2, 0.25) is 0 Å². The molecule has 0 aliphatic rings. The predicted octanol–water partition coefficient (Wildman–Crippen LogP) is 3.27. The molecule has 5 nitrogen and oxygen atoms in total. The maximum atomic E-state index is 12.1. The van der Waals surface area contributed by atoms with Crippen molar-refractivity contribution in [3.63, 3.8) is 0 Å². The van der Waals surface area contributed by atoms with Gasteiger partial charge in [0.05, 0.1) is 12.8 Å². The molecule has 2 aromatic rings. The van der Waals surface area contributed by atoms with Gasteiger partial charge in [-0.3, -0.25) is 4.79 Å². The van der Waals surface area contributed by atoms with Gasteiger partial charge in [-0.25, -0.2) is 0 Å². The first kappa shape index (κ1) is 19.0. The third kappa shape index (κ3) is 6.60. The van der Waals surface area contributed by atoms with Crippen LogP contribution >= 0.6 is 11.8 Å². The van der Waals surface area contributed by atoms with Gasteiger partial charge in [-0.1, -0.05) is 53.7 Å². The monoisotopic (exact) mass is 359 g/mol. The zero-order valence-corrected chi connectivity index (χ0v) is 14.8. The average Bonchev–Trinajstić information content (AvgIpc) is 2.65. The third-order valence-electron chi connectivity index (χ3n) is 3.20. The van der Waals surface area contributed by atoms with Crippen LogP contribution in [-0.2, 0) is 21.0 Å². The van der Waals surface area contributed by atoms with Gasteiger partial charge >= 0.3 is 5.97 Å². The Morgan fingerprint density at radius 2 is 1.80 bits per heavy atom. The molecule has 0 fully saturated rings. The molecule has 6 heteroatoms. The summed E-state index contributed by atoms with van der Waals surface area (Å²) in [7, 11) is 0. The molecule has 132 valence electrons. The first-order valence-corrected chi connectivity index (χ1v) is 8.84. The molecular formula is C19H21NO4S. The lowest BCUT2D eigenvalue weighted by Crippen LogP contribution is -2.34. The van der Waals surface area contributed by atoms with Crippen molar-refractivity contribution in [1.29, 1.82) is 0 Å². The summed E-state index contributed by atoms with van der Waals surface area (Å²) in [4.78, 5) is 18.2. The lowest BCUT2D eigenvalue weighted by molar-refractivity contribution is -0.143. The highest BCUT2D eigenvalue weighted by Gasteiger charge is 2.28. The Morgan fingerprint density at radius 1 is 1.16 bits per heavy atom. The normalized spacial score (nSPS) is 13.4. The van der Waals surface area contributed by atoms with Gasteiger partial charge < -0.3 is 14.7 Å². The van der Waals surface area contributed by atoms with E-state index < -0.39 is 17.3 Å². The molecule has 25 heavy (non-hydrogen) atoms. The highest BCUT2D eigenvalue weighted by Crippen LogP contribution is 2.26. The smallest absolute Gasteiger partial charge is 0.322 e. The van der Waals surface area contributed by atoms with E-state index in [0.717, 1.165) is 10.5 Å². The van der Waals surface area contributed by atoms with E-state index >= 15 is 0 Å². The number of benzene rings is 2. The molecule has 1 N–H and O–H groups in total.